The van der Waals surface area contributed by atoms with Gasteiger partial charge in [-0.1, -0.05) is 30.3 Å². The number of nitrogens with one attached hydrogen (secondary N) is 2. The molecule has 176 valence electrons. The van der Waals surface area contributed by atoms with E-state index in [0.717, 1.165) is 36.9 Å². The molecule has 2 aromatic heterocycles. The van der Waals surface area contributed by atoms with E-state index in [1.54, 1.807) is 19.3 Å². The van der Waals surface area contributed by atoms with Crippen molar-refractivity contribution in [2.45, 2.75) is 39.4 Å². The first-order chi connectivity index (χ1) is 15.5. The number of hydrogen-bond acceptors (Lipinski definition) is 4. The second-order valence-electron chi connectivity index (χ2n) is 8.10. The fraction of sp³-hybridized carbons (Fsp3) is 0.375. The Hall–Kier alpha value is -2.69. The van der Waals surface area contributed by atoms with E-state index in [4.69, 9.17) is 5.10 Å². The van der Waals surface area contributed by atoms with Crippen LogP contribution in [0.4, 0.5) is 10.2 Å². The van der Waals surface area contributed by atoms with Crippen LogP contribution < -0.4 is 15.5 Å². The van der Waals surface area contributed by atoms with E-state index in [9.17, 15) is 4.39 Å². The van der Waals surface area contributed by atoms with Crippen LogP contribution >= 0.6 is 24.0 Å². The summed E-state index contributed by atoms with van der Waals surface area (Å²) in [5, 5.41) is 11.6. The monoisotopic (exact) mass is 563 g/mol. The average Bonchev–Trinajstić information content (AvgIpc) is 3.36. The van der Waals surface area contributed by atoms with E-state index < -0.39 is 0 Å². The fourth-order valence-corrected chi connectivity index (χ4v) is 4.14. The van der Waals surface area contributed by atoms with Crippen LogP contribution in [0.1, 0.15) is 28.9 Å². The maximum Gasteiger partial charge on any atom is 0.191 e. The van der Waals surface area contributed by atoms with Crippen molar-refractivity contribution in [2.24, 2.45) is 4.99 Å². The molecule has 0 saturated carbocycles. The quantitative estimate of drug-likeness (QED) is 0.273. The van der Waals surface area contributed by atoms with Crippen LogP contribution in [0.25, 0.3) is 0 Å². The van der Waals surface area contributed by atoms with Gasteiger partial charge < -0.3 is 15.5 Å². The van der Waals surface area contributed by atoms with E-state index in [-0.39, 0.29) is 35.8 Å². The number of aliphatic imine (C=N–C) groups is 1. The Morgan fingerprint density at radius 1 is 1.18 bits per heavy atom. The Morgan fingerprint density at radius 2 is 1.97 bits per heavy atom. The van der Waals surface area contributed by atoms with Gasteiger partial charge in [0.1, 0.15) is 0 Å². The lowest BCUT2D eigenvalue weighted by molar-refractivity contribution is 0.612. The van der Waals surface area contributed by atoms with E-state index >= 15 is 0 Å². The summed E-state index contributed by atoms with van der Waals surface area (Å²) in [6.07, 6.45) is 2.52. The summed E-state index contributed by atoms with van der Waals surface area (Å²) in [5.74, 6) is 0.860. The van der Waals surface area contributed by atoms with Gasteiger partial charge in [0.05, 0.1) is 12.2 Å². The maximum atomic E-state index is 14.1. The minimum absolute atomic E-state index is 0. The van der Waals surface area contributed by atoms with Crippen LogP contribution in [0, 0.1) is 19.7 Å². The van der Waals surface area contributed by atoms with E-state index in [1.807, 2.05) is 34.7 Å². The number of benzene rings is 1. The van der Waals surface area contributed by atoms with E-state index in [2.05, 4.69) is 39.7 Å². The summed E-state index contributed by atoms with van der Waals surface area (Å²) in [6.45, 7) is 6.97. The molecular weight excluding hydrogens is 532 g/mol. The van der Waals surface area contributed by atoms with E-state index in [0.29, 0.717) is 18.9 Å². The van der Waals surface area contributed by atoms with Crippen LogP contribution in [0.5, 0.6) is 0 Å². The van der Waals surface area contributed by atoms with Crippen LogP contribution in [-0.2, 0) is 13.1 Å². The Labute approximate surface area is 211 Å². The molecule has 0 spiro atoms. The lowest BCUT2D eigenvalue weighted by atomic mass is 10.2. The van der Waals surface area contributed by atoms with Gasteiger partial charge in [-0.15, -0.1) is 24.0 Å². The van der Waals surface area contributed by atoms with Gasteiger partial charge in [-0.3, -0.25) is 9.67 Å². The number of hydrogen-bond donors (Lipinski definition) is 2. The van der Waals surface area contributed by atoms with Crippen molar-refractivity contribution in [2.75, 3.05) is 25.0 Å². The highest BCUT2D eigenvalue weighted by atomic mass is 127. The average molecular weight is 563 g/mol. The number of aromatic nitrogens is 3. The molecule has 0 radical (unpaired) electrons. The Kier molecular flexibility index (Phi) is 8.65. The van der Waals surface area contributed by atoms with Gasteiger partial charge in [0, 0.05) is 50.2 Å². The third kappa shape index (κ3) is 6.01. The van der Waals surface area contributed by atoms with Crippen molar-refractivity contribution in [3.63, 3.8) is 0 Å². The van der Waals surface area contributed by atoms with Gasteiger partial charge in [0.25, 0.3) is 0 Å². The first kappa shape index (κ1) is 24.9. The summed E-state index contributed by atoms with van der Waals surface area (Å²) in [4.78, 5) is 10.5. The highest BCUT2D eigenvalue weighted by Crippen LogP contribution is 2.21. The number of halogens is 2. The highest BCUT2D eigenvalue weighted by Gasteiger charge is 2.26. The Morgan fingerprint density at radius 3 is 2.70 bits per heavy atom. The zero-order valence-electron chi connectivity index (χ0n) is 19.3. The molecule has 0 bridgehead atoms. The van der Waals surface area contributed by atoms with Crippen LogP contribution in [-0.4, -0.2) is 46.9 Å². The fourth-order valence-electron chi connectivity index (χ4n) is 4.14. The standard InChI is InChI=1S/C24H30FN7.HI/c1-17-21(18(2)32(30-17)15-19-8-5-4-6-9-19)14-28-24(26-3)29-20-11-13-31(16-20)23-22(25)10-7-12-27-23;/h4-10,12,20H,11,13-16H2,1-3H3,(H2,26,28,29);1H. The van der Waals surface area contributed by atoms with Crippen LogP contribution in [0.15, 0.2) is 53.7 Å². The number of nitrogens with zero attached hydrogens (tertiary/aromatic N) is 5. The van der Waals surface area contributed by atoms with Gasteiger partial charge in [0.2, 0.25) is 0 Å². The number of anilines is 1. The molecule has 9 heteroatoms. The second kappa shape index (κ2) is 11.4. The smallest absolute Gasteiger partial charge is 0.191 e. The molecule has 3 heterocycles. The minimum atomic E-state index is -0.283. The molecule has 0 amide bonds. The molecule has 7 nitrogen and oxygen atoms in total. The molecule has 1 saturated heterocycles. The molecule has 1 aliphatic heterocycles. The predicted octanol–water partition coefficient (Wildman–Crippen LogP) is 3.64. The molecular formula is C24H31FIN7. The first-order valence-electron chi connectivity index (χ1n) is 10.9. The zero-order valence-corrected chi connectivity index (χ0v) is 21.6. The van der Waals surface area contributed by atoms with Gasteiger partial charge in [0.15, 0.2) is 17.6 Å². The molecule has 4 rings (SSSR count). The normalized spacial score (nSPS) is 15.9. The molecule has 3 aromatic rings. The third-order valence-corrected chi connectivity index (χ3v) is 5.93. The third-order valence-electron chi connectivity index (χ3n) is 5.93. The summed E-state index contributed by atoms with van der Waals surface area (Å²) in [6, 6.07) is 13.6. The Balaban J connectivity index is 0.00000306. The Bertz CT molecular complexity index is 1080. The SMILES string of the molecule is CN=C(NCc1c(C)nn(Cc2ccccc2)c1C)NC1CCN(c2ncccc2F)C1.I. The van der Waals surface area contributed by atoms with Gasteiger partial charge in [-0.05, 0) is 38.0 Å². The van der Waals surface area contributed by atoms with Gasteiger partial charge in [-0.2, -0.15) is 5.10 Å². The summed E-state index contributed by atoms with van der Waals surface area (Å²) < 4.78 is 16.1. The molecule has 1 fully saturated rings. The first-order valence-corrected chi connectivity index (χ1v) is 10.9. The van der Waals surface area contributed by atoms with Crippen molar-refractivity contribution >= 4 is 35.8 Å². The van der Waals surface area contributed by atoms with Crippen LogP contribution in [0.2, 0.25) is 0 Å². The number of rotatable bonds is 6. The molecule has 33 heavy (non-hydrogen) atoms. The number of pyridine rings is 1. The molecule has 2 N–H and O–H groups in total. The minimum Gasteiger partial charge on any atom is -0.352 e. The zero-order chi connectivity index (χ0) is 22.5. The van der Waals surface area contributed by atoms with Crippen molar-refractivity contribution in [3.05, 3.63) is 77.0 Å². The highest BCUT2D eigenvalue weighted by molar-refractivity contribution is 14.0. The topological polar surface area (TPSA) is 70.4 Å². The molecule has 1 aliphatic rings. The lowest BCUT2D eigenvalue weighted by Gasteiger charge is -2.20. The van der Waals surface area contributed by atoms with E-state index in [1.165, 1.54) is 17.2 Å². The largest absolute Gasteiger partial charge is 0.352 e. The van der Waals surface area contributed by atoms with Crippen molar-refractivity contribution in [1.29, 1.82) is 0 Å². The molecule has 1 unspecified atom stereocenters. The van der Waals surface area contributed by atoms with Gasteiger partial charge in [-0.25, -0.2) is 9.37 Å². The summed E-state index contributed by atoms with van der Waals surface area (Å²) in [5.41, 5.74) is 4.56. The maximum absolute atomic E-state index is 14.1. The number of aryl methyl sites for hydroxylation is 1. The van der Waals surface area contributed by atoms with Crippen molar-refractivity contribution in [1.82, 2.24) is 25.4 Å². The molecule has 1 aromatic carbocycles. The molecule has 1 atom stereocenters. The summed E-state index contributed by atoms with van der Waals surface area (Å²) in [7, 11) is 1.76. The molecule has 0 aliphatic carbocycles. The van der Waals surface area contributed by atoms with Crippen molar-refractivity contribution in [3.8, 4) is 0 Å². The van der Waals surface area contributed by atoms with Crippen molar-refractivity contribution < 1.29 is 4.39 Å². The van der Waals surface area contributed by atoms with Crippen LogP contribution in [0.3, 0.4) is 0 Å². The summed E-state index contributed by atoms with van der Waals surface area (Å²) >= 11 is 0. The van der Waals surface area contributed by atoms with Gasteiger partial charge >= 0.3 is 0 Å². The number of guanidine groups is 1. The second-order valence-corrected chi connectivity index (χ2v) is 8.10. The lowest BCUT2D eigenvalue weighted by Crippen LogP contribution is -2.44. The predicted molar refractivity (Wildman–Crippen MR) is 141 cm³/mol.